The van der Waals surface area contributed by atoms with Crippen molar-refractivity contribution in [1.29, 1.82) is 0 Å². The molecule has 1 aliphatic heterocycles. The summed E-state index contributed by atoms with van der Waals surface area (Å²) >= 11 is 0. The van der Waals surface area contributed by atoms with Crippen LogP contribution >= 0.6 is 0 Å². The van der Waals surface area contributed by atoms with Crippen LogP contribution in [0.5, 0.6) is 0 Å². The Kier molecular flexibility index (Phi) is 2.34. The van der Waals surface area contributed by atoms with Crippen LogP contribution in [0.1, 0.15) is 6.42 Å². The molecule has 1 aliphatic rings. The molecule has 1 fully saturated rings. The number of ether oxygens (including phenoxy) is 1. The lowest BCUT2D eigenvalue weighted by molar-refractivity contribution is -0.314. The van der Waals surface area contributed by atoms with E-state index in [0.29, 0.717) is 0 Å². The monoisotopic (exact) mass is 187 g/mol. The van der Waals surface area contributed by atoms with Gasteiger partial charge < -0.3 is 4.74 Å². The highest BCUT2D eigenvalue weighted by atomic mass is 19.4. The smallest absolute Gasteiger partial charge is 0.373 e. The third kappa shape index (κ3) is 1.92. The number of ketones is 1. The van der Waals surface area contributed by atoms with Gasteiger partial charge in [0.15, 0.2) is 0 Å². The van der Waals surface area contributed by atoms with E-state index in [9.17, 15) is 22.5 Å². The zero-order chi connectivity index (χ0) is 9.35. The summed E-state index contributed by atoms with van der Waals surface area (Å²) in [5.41, 5.74) is 0. The van der Waals surface area contributed by atoms with Crippen molar-refractivity contribution in [2.45, 2.75) is 18.6 Å². The van der Waals surface area contributed by atoms with Crippen LogP contribution in [0.4, 0.5) is 17.7 Å². The fraction of sp³-hybridized carbons (Fsp3) is 0.800. The van der Waals surface area contributed by atoms with Gasteiger partial charge in [-0.2, -0.15) is 8.78 Å². The van der Waals surface area contributed by atoms with Crippen LogP contribution in [0.25, 0.3) is 0 Å². The summed E-state index contributed by atoms with van der Waals surface area (Å²) in [6.45, 7) is 0.181. The molecule has 1 rings (SSSR count). The molecule has 0 aliphatic carbocycles. The van der Waals surface area contributed by atoms with E-state index in [-0.39, 0.29) is 6.61 Å². The van der Waals surface area contributed by atoms with E-state index in [0.717, 1.165) is 0 Å². The predicted octanol–water partition coefficient (Wildman–Crippen LogP) is 1.01. The molecule has 7 heteroatoms. The van der Waals surface area contributed by atoms with Gasteiger partial charge >= 0.3 is 6.05 Å². The van der Waals surface area contributed by atoms with Crippen molar-refractivity contribution >= 4 is 5.78 Å². The van der Waals surface area contributed by atoms with Gasteiger partial charge in [-0.15, -0.1) is 0 Å². The molecule has 70 valence electrons. The molecule has 1 unspecified atom stereocenters. The van der Waals surface area contributed by atoms with Crippen LogP contribution in [0, 0.1) is 0 Å². The second-order valence-corrected chi connectivity index (χ2v) is 2.36. The Morgan fingerprint density at radius 3 is 2.42 bits per heavy atom. The van der Waals surface area contributed by atoms with Crippen LogP contribution < -0.4 is 0 Å². The zero-order valence-corrected chi connectivity index (χ0v) is 5.77. The SMILES string of the molecule is O=C(CC1CO1)C(F)(F)N(F)F. The number of nitrogens with zero attached hydrogens (tertiary/aromatic N) is 1. The first-order valence-electron chi connectivity index (χ1n) is 3.09. The first-order chi connectivity index (χ1) is 5.44. The summed E-state index contributed by atoms with van der Waals surface area (Å²) < 4.78 is 51.3. The van der Waals surface area contributed by atoms with Crippen molar-refractivity contribution in [2.75, 3.05) is 6.61 Å². The van der Waals surface area contributed by atoms with Gasteiger partial charge in [-0.05, 0) is 0 Å². The summed E-state index contributed by atoms with van der Waals surface area (Å²) in [6.07, 6.45) is -1.28. The van der Waals surface area contributed by atoms with Crippen molar-refractivity contribution < 1.29 is 27.3 Å². The maximum atomic E-state index is 12.1. The summed E-state index contributed by atoms with van der Waals surface area (Å²) in [5.74, 6) is -1.82. The number of carbonyl (C=O) groups excluding carboxylic acids is 1. The summed E-state index contributed by atoms with van der Waals surface area (Å²) in [4.78, 5) is 10.4. The molecule has 0 saturated carbocycles. The normalized spacial score (nSPS) is 22.9. The van der Waals surface area contributed by atoms with Gasteiger partial charge in [0, 0.05) is 6.42 Å². The van der Waals surface area contributed by atoms with Gasteiger partial charge in [0.25, 0.3) is 0 Å². The van der Waals surface area contributed by atoms with Crippen molar-refractivity contribution in [3.63, 3.8) is 0 Å². The highest BCUT2D eigenvalue weighted by Gasteiger charge is 2.49. The van der Waals surface area contributed by atoms with Crippen molar-refractivity contribution in [2.24, 2.45) is 0 Å². The molecule has 1 saturated heterocycles. The molecule has 0 aromatic heterocycles. The van der Waals surface area contributed by atoms with Gasteiger partial charge in [-0.25, -0.2) is 0 Å². The quantitative estimate of drug-likeness (QED) is 0.285. The van der Waals surface area contributed by atoms with E-state index in [1.165, 1.54) is 0 Å². The standard InChI is InChI=1S/C5H5F4NO2/c6-5(7,10(8)9)4(11)1-3-2-12-3/h3H,1-2H2. The largest absolute Gasteiger partial charge is 0.416 e. The second-order valence-electron chi connectivity index (χ2n) is 2.36. The van der Waals surface area contributed by atoms with Gasteiger partial charge in [-0.3, -0.25) is 4.79 Å². The van der Waals surface area contributed by atoms with E-state index >= 15 is 0 Å². The minimum atomic E-state index is -4.69. The minimum Gasteiger partial charge on any atom is -0.373 e. The van der Waals surface area contributed by atoms with Crippen LogP contribution in [0.15, 0.2) is 0 Å². The fourth-order valence-corrected chi connectivity index (χ4v) is 0.610. The van der Waals surface area contributed by atoms with Crippen LogP contribution in [0.2, 0.25) is 0 Å². The number of alkyl halides is 2. The summed E-state index contributed by atoms with van der Waals surface area (Å²) in [6, 6.07) is -4.69. The van der Waals surface area contributed by atoms with Crippen LogP contribution in [-0.2, 0) is 9.53 Å². The first kappa shape index (κ1) is 9.40. The third-order valence-electron chi connectivity index (χ3n) is 1.36. The highest BCUT2D eigenvalue weighted by Crippen LogP contribution is 2.26. The zero-order valence-electron chi connectivity index (χ0n) is 5.77. The maximum absolute atomic E-state index is 12.1. The topological polar surface area (TPSA) is 32.8 Å². The molecule has 0 spiro atoms. The van der Waals surface area contributed by atoms with Gasteiger partial charge in [0.05, 0.1) is 18.1 Å². The fourth-order valence-electron chi connectivity index (χ4n) is 0.610. The van der Waals surface area contributed by atoms with E-state index in [1.54, 1.807) is 0 Å². The molecular weight excluding hydrogens is 182 g/mol. The lowest BCUT2D eigenvalue weighted by Crippen LogP contribution is -2.39. The highest BCUT2D eigenvalue weighted by molar-refractivity contribution is 5.85. The van der Waals surface area contributed by atoms with Crippen LogP contribution in [0.3, 0.4) is 0 Å². The van der Waals surface area contributed by atoms with Crippen molar-refractivity contribution in [3.05, 3.63) is 0 Å². The van der Waals surface area contributed by atoms with E-state index in [4.69, 9.17) is 0 Å². The number of hydrogen-bond donors (Lipinski definition) is 0. The minimum absolute atomic E-state index is 0.181. The van der Waals surface area contributed by atoms with E-state index in [2.05, 4.69) is 4.74 Å². The van der Waals surface area contributed by atoms with Gasteiger partial charge in [0.1, 0.15) is 0 Å². The average molecular weight is 187 g/mol. The number of rotatable bonds is 4. The number of halogens is 4. The molecule has 0 aromatic rings. The molecule has 12 heavy (non-hydrogen) atoms. The number of Topliss-reactive ketones (excluding diaryl/α,β-unsaturated/α-hetero) is 1. The van der Waals surface area contributed by atoms with Gasteiger partial charge in [-0.1, -0.05) is 8.96 Å². The average Bonchev–Trinajstić information content (AvgIpc) is 2.71. The molecule has 0 radical (unpaired) electrons. The number of epoxide rings is 1. The molecular formula is C5H5F4NO2. The molecule has 0 bridgehead atoms. The lowest BCUT2D eigenvalue weighted by Gasteiger charge is -2.12. The second kappa shape index (κ2) is 2.98. The van der Waals surface area contributed by atoms with Crippen molar-refractivity contribution in [1.82, 2.24) is 5.34 Å². The summed E-state index contributed by atoms with van der Waals surface area (Å²) in [7, 11) is 0. The van der Waals surface area contributed by atoms with Crippen LogP contribution in [-0.4, -0.2) is 29.9 Å². The Bertz CT molecular complexity index is 192. The van der Waals surface area contributed by atoms with E-state index < -0.39 is 29.7 Å². The maximum Gasteiger partial charge on any atom is 0.416 e. The Labute approximate surface area is 64.8 Å². The Balaban J connectivity index is 2.47. The predicted molar refractivity (Wildman–Crippen MR) is 28.4 cm³/mol. The Hall–Kier alpha value is -0.690. The van der Waals surface area contributed by atoms with Gasteiger partial charge in [0.2, 0.25) is 5.78 Å². The lowest BCUT2D eigenvalue weighted by atomic mass is 10.2. The molecule has 1 heterocycles. The molecule has 3 nitrogen and oxygen atoms in total. The third-order valence-corrected chi connectivity index (χ3v) is 1.36. The summed E-state index contributed by atoms with van der Waals surface area (Å²) in [5, 5.41) is -2.39. The van der Waals surface area contributed by atoms with E-state index in [1.807, 2.05) is 0 Å². The number of hydrogen-bond acceptors (Lipinski definition) is 3. The molecule has 1 atom stereocenters. The Morgan fingerprint density at radius 2 is 2.08 bits per heavy atom. The van der Waals surface area contributed by atoms with Crippen molar-refractivity contribution in [3.8, 4) is 0 Å². The molecule has 0 N–H and O–H groups in total. The molecule has 0 amide bonds. The number of carbonyl (C=O) groups is 1. The first-order valence-corrected chi connectivity index (χ1v) is 3.09. The molecule has 0 aromatic carbocycles. The Morgan fingerprint density at radius 1 is 1.58 bits per heavy atom.